The van der Waals surface area contributed by atoms with Gasteiger partial charge in [0.15, 0.2) is 0 Å². The second-order valence-electron chi connectivity index (χ2n) is 5.89. The summed E-state index contributed by atoms with van der Waals surface area (Å²) in [5.41, 5.74) is 1.78. The maximum absolute atomic E-state index is 11.9. The molecule has 1 heterocycles. The third-order valence-electron chi connectivity index (χ3n) is 3.71. The molecular formula is C19H24N2O3. The minimum atomic E-state index is -0.858. The van der Waals surface area contributed by atoms with E-state index in [0.717, 1.165) is 16.9 Å². The number of likely N-dealkylation sites (N-methyl/N-ethyl adjacent to an activating group) is 1. The molecule has 128 valence electrons. The van der Waals surface area contributed by atoms with E-state index in [1.165, 1.54) is 0 Å². The lowest BCUT2D eigenvalue weighted by Crippen LogP contribution is -2.33. The van der Waals surface area contributed by atoms with Crippen LogP contribution < -0.4 is 4.74 Å². The minimum absolute atomic E-state index is 0.0879. The summed E-state index contributed by atoms with van der Waals surface area (Å²) in [5, 5.41) is 9.74. The summed E-state index contributed by atoms with van der Waals surface area (Å²) in [6.45, 7) is 7.07. The average molecular weight is 328 g/mol. The largest absolute Gasteiger partial charge is 0.491 e. The lowest BCUT2D eigenvalue weighted by molar-refractivity contribution is -0.143. The summed E-state index contributed by atoms with van der Waals surface area (Å²) in [6.07, 6.45) is 3.53. The van der Waals surface area contributed by atoms with Gasteiger partial charge in [-0.15, -0.1) is 0 Å². The second kappa shape index (κ2) is 8.45. The smallest absolute Gasteiger partial charge is 0.325 e. The van der Waals surface area contributed by atoms with Crippen LogP contribution in [0.1, 0.15) is 37.9 Å². The highest BCUT2D eigenvalue weighted by Gasteiger charge is 2.26. The van der Waals surface area contributed by atoms with Crippen LogP contribution in [0.25, 0.3) is 0 Å². The number of benzene rings is 1. The fraction of sp³-hybridized carbons (Fsp3) is 0.368. The van der Waals surface area contributed by atoms with Crippen LogP contribution >= 0.6 is 0 Å². The van der Waals surface area contributed by atoms with E-state index in [-0.39, 0.29) is 6.10 Å². The van der Waals surface area contributed by atoms with E-state index in [1.807, 2.05) is 62.1 Å². The Morgan fingerprint density at radius 2 is 1.79 bits per heavy atom. The molecule has 2 aromatic rings. The first-order chi connectivity index (χ1) is 11.5. The number of aromatic nitrogens is 1. The van der Waals surface area contributed by atoms with Crippen LogP contribution in [0.5, 0.6) is 5.75 Å². The van der Waals surface area contributed by atoms with E-state index in [1.54, 1.807) is 12.4 Å². The first-order valence-electron chi connectivity index (χ1n) is 8.13. The predicted molar refractivity (Wildman–Crippen MR) is 92.9 cm³/mol. The highest BCUT2D eigenvalue weighted by Crippen LogP contribution is 2.25. The quantitative estimate of drug-likeness (QED) is 0.803. The summed E-state index contributed by atoms with van der Waals surface area (Å²) < 4.78 is 5.62. The maximum atomic E-state index is 11.9. The summed E-state index contributed by atoms with van der Waals surface area (Å²) >= 11 is 0. The topological polar surface area (TPSA) is 62.7 Å². The molecule has 1 N–H and O–H groups in total. The van der Waals surface area contributed by atoms with E-state index in [9.17, 15) is 9.90 Å². The number of aliphatic carboxylic acids is 1. The van der Waals surface area contributed by atoms with Crippen LogP contribution in [0.15, 0.2) is 48.8 Å². The van der Waals surface area contributed by atoms with Crippen molar-refractivity contribution in [2.45, 2.75) is 39.5 Å². The van der Waals surface area contributed by atoms with E-state index in [4.69, 9.17) is 4.74 Å². The molecule has 0 saturated carbocycles. The Morgan fingerprint density at radius 3 is 2.29 bits per heavy atom. The van der Waals surface area contributed by atoms with Gasteiger partial charge >= 0.3 is 5.97 Å². The van der Waals surface area contributed by atoms with Crippen molar-refractivity contribution in [1.82, 2.24) is 9.88 Å². The first-order valence-corrected chi connectivity index (χ1v) is 8.13. The van der Waals surface area contributed by atoms with Crippen molar-refractivity contribution in [3.63, 3.8) is 0 Å². The summed E-state index contributed by atoms with van der Waals surface area (Å²) in [6, 6.07) is 10.4. The Hall–Kier alpha value is -2.40. The molecule has 0 aliphatic rings. The highest BCUT2D eigenvalue weighted by molar-refractivity contribution is 5.75. The first kappa shape index (κ1) is 17.9. The van der Waals surface area contributed by atoms with Crippen molar-refractivity contribution in [2.75, 3.05) is 6.54 Å². The van der Waals surface area contributed by atoms with Gasteiger partial charge in [-0.1, -0.05) is 19.1 Å². The van der Waals surface area contributed by atoms with Gasteiger partial charge in [0.25, 0.3) is 0 Å². The summed E-state index contributed by atoms with van der Waals surface area (Å²) in [5.74, 6) is -0.112. The summed E-state index contributed by atoms with van der Waals surface area (Å²) in [7, 11) is 0. The highest BCUT2D eigenvalue weighted by atomic mass is 16.5. The second-order valence-corrected chi connectivity index (χ2v) is 5.89. The van der Waals surface area contributed by atoms with Gasteiger partial charge in [-0.25, -0.2) is 0 Å². The Morgan fingerprint density at radius 1 is 1.17 bits per heavy atom. The number of pyridine rings is 1. The molecule has 0 unspecified atom stereocenters. The van der Waals surface area contributed by atoms with Gasteiger partial charge in [-0.2, -0.15) is 0 Å². The molecule has 0 saturated heterocycles. The van der Waals surface area contributed by atoms with Crippen LogP contribution in [0.4, 0.5) is 0 Å². The number of nitrogens with zero attached hydrogens (tertiary/aromatic N) is 2. The number of ether oxygens (including phenoxy) is 1. The van der Waals surface area contributed by atoms with Crippen LogP contribution in [-0.4, -0.2) is 33.6 Å². The number of rotatable bonds is 8. The predicted octanol–water partition coefficient (Wildman–Crippen LogP) is 3.52. The van der Waals surface area contributed by atoms with Crippen molar-refractivity contribution in [3.05, 3.63) is 59.9 Å². The molecule has 1 aromatic carbocycles. The maximum Gasteiger partial charge on any atom is 0.325 e. The Bertz CT molecular complexity index is 641. The number of carboxylic acids is 1. The molecule has 24 heavy (non-hydrogen) atoms. The van der Waals surface area contributed by atoms with Crippen molar-refractivity contribution >= 4 is 5.97 Å². The molecule has 0 aliphatic carbocycles. The molecule has 2 rings (SSSR count). The third-order valence-corrected chi connectivity index (χ3v) is 3.71. The molecule has 0 amide bonds. The number of carbonyl (C=O) groups is 1. The van der Waals surface area contributed by atoms with Crippen molar-refractivity contribution < 1.29 is 14.6 Å². The Balaban J connectivity index is 2.22. The number of carboxylic acid groups (broad SMARTS) is 1. The van der Waals surface area contributed by atoms with E-state index in [0.29, 0.717) is 13.1 Å². The Kier molecular flexibility index (Phi) is 6.32. The molecule has 5 nitrogen and oxygen atoms in total. The van der Waals surface area contributed by atoms with Crippen LogP contribution in [0.3, 0.4) is 0 Å². The van der Waals surface area contributed by atoms with Gasteiger partial charge in [0.1, 0.15) is 11.8 Å². The SMILES string of the molecule is CCN(Cc1ccncc1)[C@H](C(=O)O)c1ccc(OC(C)C)cc1. The van der Waals surface area contributed by atoms with E-state index < -0.39 is 12.0 Å². The van der Waals surface area contributed by atoms with Gasteiger partial charge in [-0.3, -0.25) is 14.7 Å². The lowest BCUT2D eigenvalue weighted by Gasteiger charge is -2.28. The van der Waals surface area contributed by atoms with E-state index in [2.05, 4.69) is 4.98 Å². The molecule has 0 radical (unpaired) electrons. The third kappa shape index (κ3) is 4.80. The van der Waals surface area contributed by atoms with E-state index >= 15 is 0 Å². The van der Waals surface area contributed by atoms with Gasteiger partial charge in [0.05, 0.1) is 6.10 Å². The van der Waals surface area contributed by atoms with Crippen LogP contribution in [0, 0.1) is 0 Å². The van der Waals surface area contributed by atoms with Crippen LogP contribution in [0.2, 0.25) is 0 Å². The molecule has 5 heteroatoms. The molecule has 1 aromatic heterocycles. The minimum Gasteiger partial charge on any atom is -0.491 e. The van der Waals surface area contributed by atoms with Crippen molar-refractivity contribution in [3.8, 4) is 5.75 Å². The normalized spacial score (nSPS) is 12.4. The fourth-order valence-electron chi connectivity index (χ4n) is 2.62. The van der Waals surface area contributed by atoms with Gasteiger partial charge in [0, 0.05) is 18.9 Å². The van der Waals surface area contributed by atoms with Gasteiger partial charge < -0.3 is 9.84 Å². The van der Waals surface area contributed by atoms with Crippen molar-refractivity contribution in [1.29, 1.82) is 0 Å². The monoisotopic (exact) mass is 328 g/mol. The fourth-order valence-corrected chi connectivity index (χ4v) is 2.62. The Labute approximate surface area is 142 Å². The zero-order chi connectivity index (χ0) is 17.5. The number of hydrogen-bond acceptors (Lipinski definition) is 4. The molecule has 0 aliphatic heterocycles. The molecule has 0 bridgehead atoms. The average Bonchev–Trinajstić information content (AvgIpc) is 2.56. The molecule has 1 atom stereocenters. The molecular weight excluding hydrogens is 304 g/mol. The molecule has 0 fully saturated rings. The van der Waals surface area contributed by atoms with Gasteiger partial charge in [0.2, 0.25) is 0 Å². The van der Waals surface area contributed by atoms with Gasteiger partial charge in [-0.05, 0) is 55.8 Å². The van der Waals surface area contributed by atoms with Crippen molar-refractivity contribution in [2.24, 2.45) is 0 Å². The van der Waals surface area contributed by atoms with Crippen LogP contribution in [-0.2, 0) is 11.3 Å². The standard InChI is InChI=1S/C19H24N2O3/c1-4-21(13-15-9-11-20-12-10-15)18(19(22)23)16-5-7-17(8-6-16)24-14(2)3/h5-12,14,18H,4,13H2,1-3H3,(H,22,23)/t18-/m0/s1. The number of hydrogen-bond donors (Lipinski definition) is 1. The molecule has 0 spiro atoms. The summed E-state index contributed by atoms with van der Waals surface area (Å²) in [4.78, 5) is 17.8. The lowest BCUT2D eigenvalue weighted by atomic mass is 10.0. The zero-order valence-electron chi connectivity index (χ0n) is 14.3. The zero-order valence-corrected chi connectivity index (χ0v) is 14.3.